The van der Waals surface area contributed by atoms with E-state index in [9.17, 15) is 101 Å². The van der Waals surface area contributed by atoms with Gasteiger partial charge in [-0.2, -0.15) is 0 Å². The second-order valence-electron chi connectivity index (χ2n) is 32.7. The summed E-state index contributed by atoms with van der Waals surface area (Å²) >= 11 is 0. The molecule has 2 unspecified atom stereocenters. The Hall–Kier alpha value is -3.95. The number of aliphatic hydroxyl groups is 15. The maximum Gasteiger partial charge on any atom is 0.315 e. The van der Waals surface area contributed by atoms with Crippen molar-refractivity contribution in [2.24, 2.45) is 50.2 Å². The van der Waals surface area contributed by atoms with Crippen molar-refractivity contribution < 1.29 is 177 Å². The molecule has 106 heavy (non-hydrogen) atoms. The number of hydrogen-bond acceptors (Lipinski definition) is 35. The van der Waals surface area contributed by atoms with Gasteiger partial charge in [0.15, 0.2) is 55.4 Å². The Morgan fingerprint density at radius 1 is 0.528 bits per heavy atom. The molecule has 0 aromatic rings. The third kappa shape index (κ3) is 14.5. The smallest absolute Gasteiger partial charge is 0.315 e. The van der Waals surface area contributed by atoms with E-state index >= 15 is 4.79 Å². The van der Waals surface area contributed by atoms with Crippen molar-refractivity contribution in [3.63, 3.8) is 0 Å². The summed E-state index contributed by atoms with van der Waals surface area (Å²) < 4.78 is 90.2. The second kappa shape index (κ2) is 31.2. The van der Waals surface area contributed by atoms with Crippen molar-refractivity contribution in [1.82, 2.24) is 0 Å². The minimum absolute atomic E-state index is 0.0849. The summed E-state index contributed by atoms with van der Waals surface area (Å²) in [6.45, 7) is 11.4. The van der Waals surface area contributed by atoms with Gasteiger partial charge in [-0.05, 0) is 113 Å². The Morgan fingerprint density at radius 3 is 1.74 bits per heavy atom. The van der Waals surface area contributed by atoms with Gasteiger partial charge in [-0.15, -0.1) is 0 Å². The lowest BCUT2D eigenvalue weighted by Crippen LogP contribution is -2.71. The topological polar surface area (TPSA) is 547 Å². The van der Waals surface area contributed by atoms with Crippen molar-refractivity contribution in [1.29, 1.82) is 0 Å². The summed E-state index contributed by atoms with van der Waals surface area (Å²) in [4.78, 5) is 68.5. The van der Waals surface area contributed by atoms with Gasteiger partial charge in [-0.25, -0.2) is 0 Å². The van der Waals surface area contributed by atoms with Crippen LogP contribution in [0.4, 0.5) is 0 Å². The first-order valence-electron chi connectivity index (χ1n) is 36.4. The molecule has 11 rings (SSSR count). The molecule has 37 atom stereocenters. The van der Waals surface area contributed by atoms with E-state index in [1.807, 2.05) is 19.9 Å². The van der Waals surface area contributed by atoms with Crippen molar-refractivity contribution in [2.45, 2.75) is 305 Å². The average Bonchev–Trinajstić information content (AvgIpc) is 0.670. The highest BCUT2D eigenvalue weighted by Crippen LogP contribution is 2.76. The number of aliphatic carboxylic acids is 1. The zero-order chi connectivity index (χ0) is 77.8. The Labute approximate surface area is 610 Å². The Kier molecular flexibility index (Phi) is 24.4. The molecule has 0 aromatic heterocycles. The van der Waals surface area contributed by atoms with Crippen LogP contribution < -0.4 is 0 Å². The normalized spacial score (nSPS) is 50.7. The Balaban J connectivity index is 0.899. The van der Waals surface area contributed by atoms with Crippen LogP contribution in [0.15, 0.2) is 11.6 Å². The molecule has 0 radical (unpaired) electrons. The molecular weight excluding hydrogens is 1420 g/mol. The number of carboxylic acid groups (broad SMARTS) is 1. The first kappa shape index (κ1) is 83.0. The van der Waals surface area contributed by atoms with Crippen molar-refractivity contribution in [2.75, 3.05) is 39.6 Å². The Bertz CT molecular complexity index is 3180. The molecule has 6 saturated heterocycles. The number of aliphatic hydroxyl groups excluding tert-OH is 14. The summed E-state index contributed by atoms with van der Waals surface area (Å²) in [6.07, 6.45) is -45.8. The van der Waals surface area contributed by atoms with Gasteiger partial charge in [0.1, 0.15) is 104 Å². The molecule has 0 aromatic carbocycles. The molecule has 16 N–H and O–H groups in total. The van der Waals surface area contributed by atoms with Crippen LogP contribution in [-0.2, 0) is 95.0 Å². The minimum atomic E-state index is -2.26. The molecule has 4 saturated carbocycles. The van der Waals surface area contributed by atoms with Crippen molar-refractivity contribution in [3.05, 3.63) is 11.6 Å². The monoisotopic (exact) mass is 1520 g/mol. The number of allylic oxidation sites excluding steroid dienone is 1. The van der Waals surface area contributed by atoms with E-state index in [2.05, 4.69) is 13.8 Å². The SMILES string of the molecule is CC(=O)OC[C@@]1(O)CO[C@@H](O[C@H]2[C@@H](O)[C@H](O[C@H]3[C@H](OC(=O)[C@]45CCC(C)(C)CC4C4=CC[C@@H]6[C@@]7(C)C[C@H](O)[C@H](O[C@@H]8O[C@H](CO)[C@@H](O)[C@H](O)[C@H]8O[C@@H]8O[C@H](CO)[C@@H](O)[C@H](O)[C@H]8O)[C@@](C)(C(=O)O)C7CC[C@@]6(C)[C@]4(CO)CC5)O[C@H](C)[C@H](OC(C)=O)[C@@H]3OC(C)=O)O[C@@H](C)[C@@H]2O[C@@H]2OC[C@@H](O)[C@H](O)[C@H]2O)[C@@H]1O. The largest absolute Gasteiger partial charge is 0.481 e. The van der Waals surface area contributed by atoms with Gasteiger partial charge in [-0.1, -0.05) is 39.3 Å². The van der Waals surface area contributed by atoms with E-state index in [-0.39, 0.29) is 44.9 Å². The van der Waals surface area contributed by atoms with Gasteiger partial charge < -0.3 is 153 Å². The van der Waals surface area contributed by atoms with E-state index in [1.54, 1.807) is 0 Å². The van der Waals surface area contributed by atoms with E-state index in [1.165, 1.54) is 20.8 Å². The predicted molar refractivity (Wildman–Crippen MR) is 347 cm³/mol. The van der Waals surface area contributed by atoms with Crippen LogP contribution in [0.25, 0.3) is 0 Å². The van der Waals surface area contributed by atoms with Crippen molar-refractivity contribution >= 4 is 29.8 Å². The standard InChI is InChI=1S/C70H108O36/c1-27-48(101-56-45(84)40(79)35(78)23-92-56)50(102-61-54(87)70(91,26-94-61)25-93-29(3)74)47(86)58(95-27)104-53-52(98-31(5)76)49(97-30(4)75)28(2)96-60(53)106-63(90)68-16-15-64(6,7)19-33(68)32-11-12-38-65(8)20-34(77)55(67(10,62(88)89)39(65)13-14-66(38,9)69(32,24-73)18-17-68)105-59-51(44(83)42(81)37(22-72)100-59)103-57-46(85)43(82)41(80)36(21-71)99-57/h11,27-28,33-61,71-73,77-87,91H,12-26H2,1-10H3,(H,88,89)/t27-,28+,33?,34-,35+,36+,37+,38+,39?,40-,41+,42+,43-,44-,45+,46+,47+,48-,49-,50-,51+,52-,53+,54-,55-,56-,57-,58-,59-,60-,61-,65+,66+,67-,68-,69-,70+/m0/s1. The average molecular weight is 1530 g/mol. The second-order valence-corrected chi connectivity index (χ2v) is 32.7. The van der Waals surface area contributed by atoms with E-state index in [0.29, 0.717) is 12.8 Å². The number of carboxylic acids is 1. The first-order chi connectivity index (χ1) is 49.6. The number of esters is 4. The van der Waals surface area contributed by atoms with Gasteiger partial charge in [0.2, 0.25) is 6.29 Å². The molecule has 11 aliphatic rings. The molecule has 6 heterocycles. The number of rotatable bonds is 20. The summed E-state index contributed by atoms with van der Waals surface area (Å²) in [5, 5.41) is 179. The van der Waals surface area contributed by atoms with E-state index in [4.69, 9.17) is 71.1 Å². The van der Waals surface area contributed by atoms with Crippen LogP contribution >= 0.6 is 0 Å². The van der Waals surface area contributed by atoms with Gasteiger partial charge in [-0.3, -0.25) is 24.0 Å². The van der Waals surface area contributed by atoms with Crippen LogP contribution in [0.2, 0.25) is 0 Å². The number of fused-ring (bicyclic) bond motifs is 7. The molecular formula is C70H108O36. The van der Waals surface area contributed by atoms with Gasteiger partial charge in [0.05, 0.1) is 62.2 Å². The van der Waals surface area contributed by atoms with Crippen LogP contribution in [-0.4, -0.2) is 329 Å². The van der Waals surface area contributed by atoms with Crippen LogP contribution in [0.1, 0.15) is 127 Å². The maximum atomic E-state index is 16.2. The van der Waals surface area contributed by atoms with Crippen LogP contribution in [0.5, 0.6) is 0 Å². The number of carbonyl (C=O) groups excluding carboxylic acids is 4. The molecule has 36 nitrogen and oxygen atoms in total. The van der Waals surface area contributed by atoms with E-state index in [0.717, 1.165) is 26.3 Å². The van der Waals surface area contributed by atoms with Gasteiger partial charge >= 0.3 is 29.8 Å². The van der Waals surface area contributed by atoms with Crippen molar-refractivity contribution in [3.8, 4) is 0 Å². The summed E-state index contributed by atoms with van der Waals surface area (Å²) in [6, 6.07) is 0. The highest BCUT2D eigenvalue weighted by Gasteiger charge is 2.74. The highest BCUT2D eigenvalue weighted by molar-refractivity contribution is 5.79. The first-order valence-corrected chi connectivity index (χ1v) is 36.4. The number of ether oxygens (including phenoxy) is 15. The summed E-state index contributed by atoms with van der Waals surface area (Å²) in [7, 11) is 0. The fraction of sp³-hybridized carbons (Fsp3) is 0.900. The Morgan fingerprint density at radius 2 is 1.10 bits per heavy atom. The zero-order valence-electron chi connectivity index (χ0n) is 60.9. The molecule has 5 aliphatic carbocycles. The lowest BCUT2D eigenvalue weighted by atomic mass is 9.33. The predicted octanol–water partition coefficient (Wildman–Crippen LogP) is -4.33. The summed E-state index contributed by atoms with van der Waals surface area (Å²) in [5.74, 6) is -6.81. The fourth-order valence-corrected chi connectivity index (χ4v) is 19.9. The number of hydrogen-bond donors (Lipinski definition) is 16. The fourth-order valence-electron chi connectivity index (χ4n) is 19.9. The molecule has 604 valence electrons. The maximum absolute atomic E-state index is 16.2. The third-order valence-corrected chi connectivity index (χ3v) is 25.7. The summed E-state index contributed by atoms with van der Waals surface area (Å²) in [5.41, 5.74) is -8.47. The van der Waals surface area contributed by atoms with Crippen LogP contribution in [0, 0.1) is 50.2 Å². The lowest BCUT2D eigenvalue weighted by Gasteiger charge is -2.71. The number of carbonyl (C=O) groups is 5. The molecule has 10 fully saturated rings. The lowest BCUT2D eigenvalue weighted by molar-refractivity contribution is -0.384. The molecule has 36 heteroatoms. The zero-order valence-corrected chi connectivity index (χ0v) is 60.9. The molecule has 0 spiro atoms. The third-order valence-electron chi connectivity index (χ3n) is 25.7. The molecule has 0 bridgehead atoms. The highest BCUT2D eigenvalue weighted by atomic mass is 16.8. The van der Waals surface area contributed by atoms with E-state index < -0.39 is 297 Å². The molecule has 6 aliphatic heterocycles. The van der Waals surface area contributed by atoms with Gasteiger partial charge in [0.25, 0.3) is 0 Å². The quantitative estimate of drug-likeness (QED) is 0.0237. The minimum Gasteiger partial charge on any atom is -0.481 e. The molecule has 0 amide bonds. The van der Waals surface area contributed by atoms with Gasteiger partial charge in [0, 0.05) is 26.2 Å². The van der Waals surface area contributed by atoms with Crippen LogP contribution in [0.3, 0.4) is 0 Å².